The van der Waals surface area contributed by atoms with E-state index in [1.807, 2.05) is 13.8 Å². The standard InChI is InChI=1S/C15H21NO6.C10H13NO4.C3H6O3.C3H6O2.2CH4.4ClH.4H2N.H2O2.2Pt/c1-11(2)10-21-15(20)22-14(19)6-4-3-5-9-16-12(17)7-8-13(16)18;12-8-5-6-9(13)11(8)7-3-1-2-4-10(14)15;1-6-2-3(4)5;1-2-3(4)5;;;;;;;;;;;1-2;;/h7-8,11H,3-6,9-10H2,1-2H3;5-6H,1-4,7H2,(H,14,15);2H2,1H3,(H,4,5);2H2,1H3,(H,4,5);2*1H4;4*1H;4*1H2;1-2H;;/q;;;;;;;;;;4*-1;;2*+4/p-4. The molecule has 0 unspecified atom stereocenters. The second-order valence-corrected chi connectivity index (χ2v) is 17.0. The van der Waals surface area contributed by atoms with Gasteiger partial charge in [-0.3, -0.25) is 53.9 Å². The van der Waals surface area contributed by atoms with E-state index >= 15 is 0 Å². The molecule has 23 nitrogen and oxygen atoms in total. The number of carbonyl (C=O) groups is 9. The molecule has 376 valence electrons. The van der Waals surface area contributed by atoms with E-state index in [0.717, 1.165) is 4.90 Å². The predicted molar refractivity (Wildman–Crippen MR) is 229 cm³/mol. The van der Waals surface area contributed by atoms with Crippen LogP contribution in [-0.4, -0.2) is 123 Å². The third-order valence-corrected chi connectivity index (χ3v) is 5.64. The Morgan fingerprint density at radius 1 is 0.629 bits per heavy atom. The zero-order valence-electron chi connectivity index (χ0n) is 33.1. The van der Waals surface area contributed by atoms with Gasteiger partial charge in [-0.1, -0.05) is 48.5 Å². The van der Waals surface area contributed by atoms with Crippen molar-refractivity contribution in [1.82, 2.24) is 9.80 Å². The Kier molecular flexibility index (Phi) is 87.4. The molecule has 2 aliphatic rings. The van der Waals surface area contributed by atoms with Gasteiger partial charge in [-0.2, -0.15) is 0 Å². The summed E-state index contributed by atoms with van der Waals surface area (Å²) in [4.78, 5) is 98.6. The van der Waals surface area contributed by atoms with E-state index < -0.39 is 63.0 Å². The number of esters is 1. The first-order valence-electron chi connectivity index (χ1n) is 15.8. The number of amides is 4. The molecule has 0 aliphatic carbocycles. The summed E-state index contributed by atoms with van der Waals surface area (Å²) in [5.41, 5.74) is 0. The number of aliphatic carboxylic acids is 3. The Bertz CT molecular complexity index is 1210. The molecule has 0 bridgehead atoms. The second-order valence-electron chi connectivity index (χ2n) is 10.4. The van der Waals surface area contributed by atoms with Crippen molar-refractivity contribution in [1.29, 1.82) is 0 Å². The minimum atomic E-state index is -0.974. The maximum atomic E-state index is 11.4. The van der Waals surface area contributed by atoms with Crippen LogP contribution in [0.4, 0.5) is 4.79 Å². The van der Waals surface area contributed by atoms with Gasteiger partial charge < -0.3 is 54.1 Å². The summed E-state index contributed by atoms with van der Waals surface area (Å²) in [6.45, 7) is 6.06. The average Bonchev–Trinajstić information content (AvgIpc) is 3.63. The van der Waals surface area contributed by atoms with Crippen molar-refractivity contribution >= 4 is 91.3 Å². The van der Waals surface area contributed by atoms with Gasteiger partial charge in [0.25, 0.3) is 23.6 Å². The van der Waals surface area contributed by atoms with E-state index in [1.165, 1.54) is 36.3 Å². The first-order chi connectivity index (χ1) is 26.4. The number of carbonyl (C=O) groups excluding carboxylic acids is 6. The summed E-state index contributed by atoms with van der Waals surface area (Å²) < 4.78 is 13.4. The number of carboxylic acid groups (broad SMARTS) is 3. The molecule has 0 aromatic heterocycles. The van der Waals surface area contributed by atoms with Gasteiger partial charge in [0.2, 0.25) is 0 Å². The van der Waals surface area contributed by atoms with Crippen LogP contribution < -0.4 is 0 Å². The van der Waals surface area contributed by atoms with Crippen LogP contribution in [-0.2, 0) is 85.5 Å². The van der Waals surface area contributed by atoms with Gasteiger partial charge in [0.05, 0.1) is 6.61 Å². The van der Waals surface area contributed by atoms with E-state index in [1.54, 1.807) is 6.92 Å². The molecule has 62 heavy (non-hydrogen) atoms. The fourth-order valence-corrected chi connectivity index (χ4v) is 3.27. The number of unbranched alkanes of at least 4 members (excludes halogenated alkanes) is 4. The Hall–Kier alpha value is -2.63. The zero-order valence-corrected chi connectivity index (χ0v) is 40.6. The summed E-state index contributed by atoms with van der Waals surface area (Å²) in [7, 11) is 20.8. The topological polar surface area (TPSA) is 423 Å². The van der Waals surface area contributed by atoms with Crippen molar-refractivity contribution < 1.29 is 116 Å². The van der Waals surface area contributed by atoms with Gasteiger partial charge in [-0.15, -0.1) is 0 Å². The predicted octanol–water partition coefficient (Wildman–Crippen LogP) is 9.47. The van der Waals surface area contributed by atoms with Gasteiger partial charge in [0, 0.05) is 63.8 Å². The number of carboxylic acids is 3. The molecule has 0 saturated carbocycles. The molecule has 0 aromatic rings. The summed E-state index contributed by atoms with van der Waals surface area (Å²) in [6.07, 6.45) is 8.17. The Morgan fingerprint density at radius 3 is 1.19 bits per heavy atom. The molecule has 0 saturated heterocycles. The number of hydrogen-bond donors (Lipinski definition) is 5. The molecular formula is C33H64Cl4N6O17Pt2. The number of nitrogens with zero attached hydrogens (tertiary/aromatic N) is 2. The number of nitrogens with two attached hydrogens (primary N) is 4. The fraction of sp³-hybridized carbons (Fsp3) is 0.606. The molecule has 2 heterocycles. The molecule has 13 N–H and O–H groups in total. The normalized spacial score (nSPS) is 10.8. The van der Waals surface area contributed by atoms with Crippen LogP contribution in [0.15, 0.2) is 24.3 Å². The van der Waals surface area contributed by atoms with Crippen molar-refractivity contribution in [2.24, 2.45) is 5.92 Å². The van der Waals surface area contributed by atoms with Crippen LogP contribution in [0, 0.1) is 5.92 Å². The molecule has 2 rings (SSSR count). The quantitative estimate of drug-likeness (QED) is 0.0226. The third-order valence-electron chi connectivity index (χ3n) is 5.64. The van der Waals surface area contributed by atoms with Crippen LogP contribution in [0.3, 0.4) is 0 Å². The first kappa shape index (κ1) is 86.5. The zero-order chi connectivity index (χ0) is 44.5. The summed E-state index contributed by atoms with van der Waals surface area (Å²) in [5, 5.41) is 35.9. The largest absolute Gasteiger partial charge is 0.693 e. The molecule has 2 aliphatic heterocycles. The number of methoxy groups -OCH3 is 1. The monoisotopic (exact) mass is 1350 g/mol. The maximum Gasteiger partial charge on any atom is -0.693 e. The van der Waals surface area contributed by atoms with Gasteiger partial charge in [0.15, 0.2) is 0 Å². The van der Waals surface area contributed by atoms with E-state index in [-0.39, 0.29) is 101 Å². The molecule has 4 amide bonds. The molecule has 0 fully saturated rings. The fourth-order valence-electron chi connectivity index (χ4n) is 3.27. The molecule has 0 radical (unpaired) electrons. The molecule has 0 spiro atoms. The van der Waals surface area contributed by atoms with E-state index in [0.29, 0.717) is 51.6 Å². The van der Waals surface area contributed by atoms with Gasteiger partial charge in [0.1, 0.15) is 6.61 Å². The summed E-state index contributed by atoms with van der Waals surface area (Å²) >= 11 is -0.944. The number of rotatable bonds is 17. The van der Waals surface area contributed by atoms with E-state index in [9.17, 15) is 43.2 Å². The average molecular weight is 1350 g/mol. The number of halogens is 4. The summed E-state index contributed by atoms with van der Waals surface area (Å²) in [6, 6.07) is 0. The van der Waals surface area contributed by atoms with Gasteiger partial charge in [-0.05, 0) is 31.6 Å². The van der Waals surface area contributed by atoms with Crippen molar-refractivity contribution in [3.05, 3.63) is 48.9 Å². The number of imide groups is 2. The van der Waals surface area contributed by atoms with Crippen LogP contribution in [0.1, 0.15) is 93.4 Å². The van der Waals surface area contributed by atoms with Gasteiger partial charge >= 0.3 is 101 Å². The van der Waals surface area contributed by atoms with Crippen molar-refractivity contribution in [2.75, 3.05) is 33.4 Å². The van der Waals surface area contributed by atoms with Crippen molar-refractivity contribution in [3.63, 3.8) is 0 Å². The second kappa shape index (κ2) is 62.7. The molecule has 0 atom stereocenters. The van der Waals surface area contributed by atoms with Crippen molar-refractivity contribution in [3.8, 4) is 0 Å². The Labute approximate surface area is 396 Å². The molecule has 0 aromatic carbocycles. The van der Waals surface area contributed by atoms with Crippen molar-refractivity contribution in [2.45, 2.75) is 93.4 Å². The van der Waals surface area contributed by atoms with Gasteiger partial charge in [-0.25, -0.2) is 9.59 Å². The third kappa shape index (κ3) is 64.0. The van der Waals surface area contributed by atoms with Crippen LogP contribution in [0.25, 0.3) is 24.6 Å². The minimum Gasteiger partial charge on any atom is -0.693 e. The summed E-state index contributed by atoms with van der Waals surface area (Å²) in [5.74, 6) is -4.13. The number of hydrogen-bond acceptors (Lipinski definition) is 14. The Morgan fingerprint density at radius 2 is 0.952 bits per heavy atom. The Balaban J connectivity index is -0.0000000631. The molecular weight excluding hydrogens is 1280 g/mol. The smallest absolute Gasteiger partial charge is 0.693 e. The first-order valence-corrected chi connectivity index (χ1v) is 27.1. The maximum absolute atomic E-state index is 11.4. The number of ether oxygens (including phenoxy) is 3. The van der Waals surface area contributed by atoms with Crippen LogP contribution >= 0.6 is 37.7 Å². The minimum absolute atomic E-state index is 0. The van der Waals surface area contributed by atoms with Crippen LogP contribution in [0.2, 0.25) is 0 Å². The molecule has 29 heteroatoms. The SMILES string of the molecule is C.C.CC(C)COC(=O)OC(=O)CCCCCN1C(=O)C=CC1=O.CCC(=O)O.COCC(=O)O.O=C(O)CCCCCN1C(=O)C=CC1=O.OO.[Cl][Pt+2][Cl].[Cl][Pt+2][Cl].[NH2-].[NH2-].[NH2-].[NH2-]. The van der Waals surface area contributed by atoms with E-state index in [4.69, 9.17) is 68.2 Å². The van der Waals surface area contributed by atoms with E-state index in [2.05, 4.69) is 9.47 Å². The van der Waals surface area contributed by atoms with Crippen LogP contribution in [0.5, 0.6) is 0 Å².